The SMILES string of the molecule is COC(=O)CCCCCCC/C=C/CCCCCCCCO. The van der Waals surface area contributed by atoms with Crippen molar-refractivity contribution in [3.8, 4) is 0 Å². The molecule has 0 aromatic carbocycles. The number of methoxy groups -OCH3 is 1. The van der Waals surface area contributed by atoms with Crippen LogP contribution in [-0.4, -0.2) is 24.8 Å². The predicted octanol–water partition coefficient (Wildman–Crippen LogP) is 5.17. The lowest BCUT2D eigenvalue weighted by Crippen LogP contribution is -1.98. The van der Waals surface area contributed by atoms with Crippen LogP contribution in [0.1, 0.15) is 89.9 Å². The van der Waals surface area contributed by atoms with Crippen LogP contribution in [0.3, 0.4) is 0 Å². The standard InChI is InChI=1S/C19H36O3/c1-22-19(21)17-15-13-11-9-7-5-3-2-4-6-8-10-12-14-16-18-20/h2-3,20H,4-18H2,1H3/b3-2+. The molecule has 0 spiro atoms. The fraction of sp³-hybridized carbons (Fsp3) is 0.842. The number of aliphatic hydroxyl groups excluding tert-OH is 1. The summed E-state index contributed by atoms with van der Waals surface area (Å²) in [7, 11) is 1.45. The highest BCUT2D eigenvalue weighted by molar-refractivity contribution is 5.68. The monoisotopic (exact) mass is 312 g/mol. The minimum atomic E-state index is -0.0867. The van der Waals surface area contributed by atoms with E-state index in [9.17, 15) is 4.79 Å². The van der Waals surface area contributed by atoms with E-state index in [1.165, 1.54) is 71.3 Å². The van der Waals surface area contributed by atoms with E-state index in [-0.39, 0.29) is 5.97 Å². The van der Waals surface area contributed by atoms with Gasteiger partial charge in [-0.05, 0) is 38.5 Å². The minimum absolute atomic E-state index is 0.0867. The summed E-state index contributed by atoms with van der Waals surface area (Å²) >= 11 is 0. The molecule has 0 aromatic heterocycles. The molecule has 0 saturated heterocycles. The first kappa shape index (κ1) is 21.2. The zero-order valence-electron chi connectivity index (χ0n) is 14.5. The largest absolute Gasteiger partial charge is 0.469 e. The van der Waals surface area contributed by atoms with E-state index in [1.54, 1.807) is 0 Å². The Balaban J connectivity index is 3.10. The summed E-state index contributed by atoms with van der Waals surface area (Å²) in [6.45, 7) is 0.341. The highest BCUT2D eigenvalue weighted by Crippen LogP contribution is 2.10. The molecule has 0 saturated carbocycles. The van der Waals surface area contributed by atoms with Gasteiger partial charge in [-0.25, -0.2) is 0 Å². The van der Waals surface area contributed by atoms with Crippen LogP contribution < -0.4 is 0 Å². The van der Waals surface area contributed by atoms with Gasteiger partial charge in [0, 0.05) is 13.0 Å². The first-order valence-electron chi connectivity index (χ1n) is 9.14. The Hall–Kier alpha value is -0.830. The highest BCUT2D eigenvalue weighted by atomic mass is 16.5. The van der Waals surface area contributed by atoms with E-state index in [0.717, 1.165) is 19.3 Å². The number of hydrogen-bond acceptors (Lipinski definition) is 3. The van der Waals surface area contributed by atoms with Crippen LogP contribution in [-0.2, 0) is 9.53 Å². The number of unbranched alkanes of at least 4 members (excludes halogenated alkanes) is 11. The van der Waals surface area contributed by atoms with Crippen molar-refractivity contribution < 1.29 is 14.6 Å². The average Bonchev–Trinajstić information content (AvgIpc) is 2.54. The molecule has 0 fully saturated rings. The molecule has 0 aliphatic rings. The average molecular weight is 312 g/mol. The molecular weight excluding hydrogens is 276 g/mol. The molecule has 0 heterocycles. The summed E-state index contributed by atoms with van der Waals surface area (Å²) in [4.78, 5) is 10.9. The van der Waals surface area contributed by atoms with Gasteiger partial charge in [-0.15, -0.1) is 0 Å². The lowest BCUT2D eigenvalue weighted by atomic mass is 10.1. The quantitative estimate of drug-likeness (QED) is 0.243. The van der Waals surface area contributed by atoms with Crippen LogP contribution in [0.5, 0.6) is 0 Å². The van der Waals surface area contributed by atoms with E-state index >= 15 is 0 Å². The highest BCUT2D eigenvalue weighted by Gasteiger charge is 1.98. The molecule has 0 aliphatic heterocycles. The number of carbonyl (C=O) groups excluding carboxylic acids is 1. The molecule has 1 N–H and O–H groups in total. The number of allylic oxidation sites excluding steroid dienone is 2. The first-order chi connectivity index (χ1) is 10.8. The van der Waals surface area contributed by atoms with Crippen LogP contribution in [0.15, 0.2) is 12.2 Å². The van der Waals surface area contributed by atoms with Gasteiger partial charge in [0.25, 0.3) is 0 Å². The Labute approximate surface area is 137 Å². The van der Waals surface area contributed by atoms with E-state index in [1.807, 2.05) is 0 Å². The van der Waals surface area contributed by atoms with Gasteiger partial charge in [0.05, 0.1) is 7.11 Å². The molecule has 0 atom stereocenters. The van der Waals surface area contributed by atoms with E-state index in [4.69, 9.17) is 5.11 Å². The van der Waals surface area contributed by atoms with Gasteiger partial charge in [-0.3, -0.25) is 4.79 Å². The molecule has 3 nitrogen and oxygen atoms in total. The van der Waals surface area contributed by atoms with Crippen molar-refractivity contribution in [1.82, 2.24) is 0 Å². The molecular formula is C19H36O3. The Kier molecular flexibility index (Phi) is 17.5. The molecule has 0 aromatic rings. The second kappa shape index (κ2) is 18.2. The molecule has 0 rings (SSSR count). The number of ether oxygens (including phenoxy) is 1. The van der Waals surface area contributed by atoms with Crippen molar-refractivity contribution in [2.75, 3.05) is 13.7 Å². The third-order valence-electron chi connectivity index (χ3n) is 3.92. The van der Waals surface area contributed by atoms with Gasteiger partial charge >= 0.3 is 5.97 Å². The van der Waals surface area contributed by atoms with Crippen molar-refractivity contribution in [1.29, 1.82) is 0 Å². The molecule has 0 bridgehead atoms. The first-order valence-corrected chi connectivity index (χ1v) is 9.14. The van der Waals surface area contributed by atoms with E-state index < -0.39 is 0 Å². The molecule has 0 radical (unpaired) electrons. The summed E-state index contributed by atoms with van der Waals surface area (Å²) in [5, 5.41) is 8.67. The molecule has 130 valence electrons. The Morgan fingerprint density at radius 1 is 0.773 bits per heavy atom. The van der Waals surface area contributed by atoms with Crippen molar-refractivity contribution in [3.63, 3.8) is 0 Å². The maximum absolute atomic E-state index is 10.9. The fourth-order valence-electron chi connectivity index (χ4n) is 2.48. The molecule has 3 heteroatoms. The predicted molar refractivity (Wildman–Crippen MR) is 92.9 cm³/mol. The topological polar surface area (TPSA) is 46.5 Å². The second-order valence-corrected chi connectivity index (χ2v) is 5.99. The second-order valence-electron chi connectivity index (χ2n) is 5.99. The van der Waals surface area contributed by atoms with Crippen LogP contribution in [0.2, 0.25) is 0 Å². The van der Waals surface area contributed by atoms with Crippen LogP contribution in [0.25, 0.3) is 0 Å². The molecule has 0 aliphatic carbocycles. The van der Waals surface area contributed by atoms with Gasteiger partial charge < -0.3 is 9.84 Å². The fourth-order valence-corrected chi connectivity index (χ4v) is 2.48. The number of rotatable bonds is 16. The summed E-state index contributed by atoms with van der Waals surface area (Å²) in [5.74, 6) is -0.0867. The Bertz CT molecular complexity index is 261. The Morgan fingerprint density at radius 2 is 1.23 bits per heavy atom. The number of hydrogen-bond donors (Lipinski definition) is 1. The number of esters is 1. The normalized spacial score (nSPS) is 11.2. The Morgan fingerprint density at radius 3 is 1.73 bits per heavy atom. The smallest absolute Gasteiger partial charge is 0.305 e. The van der Waals surface area contributed by atoms with E-state index in [0.29, 0.717) is 13.0 Å². The number of carbonyl (C=O) groups is 1. The maximum Gasteiger partial charge on any atom is 0.305 e. The summed E-state index contributed by atoms with van der Waals surface area (Å²) in [6, 6.07) is 0. The third kappa shape index (κ3) is 17.2. The maximum atomic E-state index is 10.9. The van der Waals surface area contributed by atoms with Crippen LogP contribution >= 0.6 is 0 Å². The van der Waals surface area contributed by atoms with Gasteiger partial charge in [-0.2, -0.15) is 0 Å². The van der Waals surface area contributed by atoms with Gasteiger partial charge in [-0.1, -0.05) is 57.1 Å². The van der Waals surface area contributed by atoms with Gasteiger partial charge in [0.2, 0.25) is 0 Å². The minimum Gasteiger partial charge on any atom is -0.469 e. The van der Waals surface area contributed by atoms with Crippen LogP contribution in [0.4, 0.5) is 0 Å². The summed E-state index contributed by atoms with van der Waals surface area (Å²) in [5.41, 5.74) is 0. The third-order valence-corrected chi connectivity index (χ3v) is 3.92. The molecule has 0 amide bonds. The van der Waals surface area contributed by atoms with Crippen molar-refractivity contribution in [2.45, 2.75) is 89.9 Å². The zero-order valence-corrected chi connectivity index (χ0v) is 14.5. The zero-order chi connectivity index (χ0) is 16.3. The van der Waals surface area contributed by atoms with Crippen molar-refractivity contribution in [2.24, 2.45) is 0 Å². The van der Waals surface area contributed by atoms with Crippen molar-refractivity contribution >= 4 is 5.97 Å². The van der Waals surface area contributed by atoms with Gasteiger partial charge in [0.1, 0.15) is 0 Å². The van der Waals surface area contributed by atoms with Crippen molar-refractivity contribution in [3.05, 3.63) is 12.2 Å². The molecule has 0 unspecified atom stereocenters. The van der Waals surface area contributed by atoms with Gasteiger partial charge in [0.15, 0.2) is 0 Å². The van der Waals surface area contributed by atoms with Crippen LogP contribution in [0, 0.1) is 0 Å². The lowest BCUT2D eigenvalue weighted by Gasteiger charge is -2.00. The summed E-state index contributed by atoms with van der Waals surface area (Å²) < 4.78 is 4.62. The lowest BCUT2D eigenvalue weighted by molar-refractivity contribution is -0.140. The van der Waals surface area contributed by atoms with E-state index in [2.05, 4.69) is 16.9 Å². The summed E-state index contributed by atoms with van der Waals surface area (Å²) in [6.07, 6.45) is 20.8. The molecule has 22 heavy (non-hydrogen) atoms. The number of aliphatic hydroxyl groups is 1.